The maximum atomic E-state index is 4.88. The van der Waals surface area contributed by atoms with E-state index in [1.807, 2.05) is 16.8 Å². The van der Waals surface area contributed by atoms with Crippen molar-refractivity contribution in [3.8, 4) is 33.8 Å². The third-order valence-corrected chi connectivity index (χ3v) is 5.62. The Kier molecular flexibility index (Phi) is 4.85. The van der Waals surface area contributed by atoms with Crippen LogP contribution in [0.2, 0.25) is 19.6 Å². The number of rotatable bonds is 2. The lowest BCUT2D eigenvalue weighted by molar-refractivity contribution is 0.930. The van der Waals surface area contributed by atoms with E-state index < -0.39 is 8.07 Å². The molecule has 4 aromatic rings. The summed E-state index contributed by atoms with van der Waals surface area (Å²) in [6, 6.07) is 18.9. The van der Waals surface area contributed by atoms with Crippen LogP contribution in [0.4, 0.5) is 0 Å². The molecule has 2 heterocycles. The van der Waals surface area contributed by atoms with Gasteiger partial charge in [0.2, 0.25) is 0 Å². The second-order valence-corrected chi connectivity index (χ2v) is 13.3. The van der Waals surface area contributed by atoms with E-state index in [4.69, 9.17) is 10.1 Å². The van der Waals surface area contributed by atoms with Crippen LogP contribution >= 0.6 is 0 Å². The van der Waals surface area contributed by atoms with Gasteiger partial charge >= 0.3 is 0 Å². The summed E-state index contributed by atoms with van der Waals surface area (Å²) in [5, 5.41) is 4.88. The molecule has 0 bridgehead atoms. The zero-order chi connectivity index (χ0) is 20.6. The first-order chi connectivity index (χ1) is 13.8. The van der Waals surface area contributed by atoms with Crippen molar-refractivity contribution in [3.63, 3.8) is 0 Å². The summed E-state index contributed by atoms with van der Waals surface area (Å²) in [5.74, 6) is 3.46. The van der Waals surface area contributed by atoms with Crippen molar-refractivity contribution in [2.24, 2.45) is 0 Å². The van der Waals surface area contributed by atoms with Gasteiger partial charge in [-0.3, -0.25) is 0 Å². The SMILES string of the molecule is Cc1ccc(-c2cc3ncc(-c4ccc(C)cc4)c(C#C[Si](C)(C)C)n3n2)cc1. The Morgan fingerprint density at radius 1 is 0.828 bits per heavy atom. The van der Waals surface area contributed by atoms with Crippen LogP contribution in [0.15, 0.2) is 60.8 Å². The molecular weight excluding hydrogens is 370 g/mol. The van der Waals surface area contributed by atoms with Crippen molar-refractivity contribution in [1.82, 2.24) is 14.6 Å². The van der Waals surface area contributed by atoms with Crippen LogP contribution in [0.5, 0.6) is 0 Å². The number of aryl methyl sites for hydroxylation is 2. The van der Waals surface area contributed by atoms with Gasteiger partial charge < -0.3 is 0 Å². The highest BCUT2D eigenvalue weighted by atomic mass is 28.3. The van der Waals surface area contributed by atoms with Gasteiger partial charge in [0.15, 0.2) is 5.65 Å². The van der Waals surface area contributed by atoms with Gasteiger partial charge in [-0.2, -0.15) is 5.10 Å². The van der Waals surface area contributed by atoms with Crippen molar-refractivity contribution >= 4 is 13.7 Å². The van der Waals surface area contributed by atoms with Crippen LogP contribution < -0.4 is 0 Å². The molecule has 29 heavy (non-hydrogen) atoms. The molecule has 0 N–H and O–H groups in total. The lowest BCUT2D eigenvalue weighted by atomic mass is 10.0. The minimum absolute atomic E-state index is 0.816. The van der Waals surface area contributed by atoms with Crippen LogP contribution in [0, 0.1) is 25.3 Å². The average molecular weight is 396 g/mol. The molecule has 2 aromatic carbocycles. The van der Waals surface area contributed by atoms with Crippen LogP contribution in [0.1, 0.15) is 16.8 Å². The molecule has 0 radical (unpaired) electrons. The van der Waals surface area contributed by atoms with Crippen molar-refractivity contribution in [3.05, 3.63) is 77.6 Å². The Bertz CT molecular complexity index is 1230. The maximum absolute atomic E-state index is 4.88. The fraction of sp³-hybridized carbons (Fsp3) is 0.200. The largest absolute Gasteiger partial charge is 0.236 e. The molecule has 0 saturated heterocycles. The van der Waals surface area contributed by atoms with Gasteiger partial charge in [0.05, 0.1) is 5.69 Å². The Labute approximate surface area is 173 Å². The van der Waals surface area contributed by atoms with E-state index in [0.29, 0.717) is 0 Å². The molecule has 0 aliphatic rings. The number of fused-ring (bicyclic) bond motifs is 1. The van der Waals surface area contributed by atoms with Gasteiger partial charge in [0.25, 0.3) is 0 Å². The summed E-state index contributed by atoms with van der Waals surface area (Å²) in [4.78, 5) is 4.69. The van der Waals surface area contributed by atoms with E-state index in [9.17, 15) is 0 Å². The molecule has 0 fully saturated rings. The summed E-state index contributed by atoms with van der Waals surface area (Å²) >= 11 is 0. The molecule has 0 atom stereocenters. The van der Waals surface area contributed by atoms with E-state index in [-0.39, 0.29) is 0 Å². The fourth-order valence-corrected chi connectivity index (χ4v) is 3.60. The highest BCUT2D eigenvalue weighted by molar-refractivity contribution is 6.83. The minimum Gasteiger partial charge on any atom is -0.236 e. The minimum atomic E-state index is -1.55. The van der Waals surface area contributed by atoms with Crippen molar-refractivity contribution in [2.45, 2.75) is 33.5 Å². The zero-order valence-corrected chi connectivity index (χ0v) is 18.6. The number of aromatic nitrogens is 3. The lowest BCUT2D eigenvalue weighted by Gasteiger charge is -2.09. The standard InChI is InChI=1S/C25H25N3Si/c1-18-6-10-20(11-7-18)22-17-26-25-16-23(21-12-8-19(2)9-13-21)27-28(25)24(22)14-15-29(3,4)5/h6-13,16-17H,1-5H3. The third kappa shape index (κ3) is 4.15. The summed E-state index contributed by atoms with van der Waals surface area (Å²) < 4.78 is 1.90. The molecule has 144 valence electrons. The molecule has 0 amide bonds. The quantitative estimate of drug-likeness (QED) is 0.312. The van der Waals surface area contributed by atoms with E-state index in [0.717, 1.165) is 33.7 Å². The van der Waals surface area contributed by atoms with Crippen LogP contribution in [0.25, 0.3) is 28.0 Å². The average Bonchev–Trinajstić information content (AvgIpc) is 3.11. The van der Waals surface area contributed by atoms with Crippen molar-refractivity contribution in [2.75, 3.05) is 0 Å². The van der Waals surface area contributed by atoms with E-state index in [1.165, 1.54) is 11.1 Å². The third-order valence-electron chi connectivity index (χ3n) is 4.75. The Balaban J connectivity index is 1.94. The molecule has 0 aliphatic carbocycles. The van der Waals surface area contributed by atoms with Gasteiger partial charge in [-0.25, -0.2) is 9.50 Å². The summed E-state index contributed by atoms with van der Waals surface area (Å²) in [6.45, 7) is 11.0. The number of hydrogen-bond donors (Lipinski definition) is 0. The zero-order valence-electron chi connectivity index (χ0n) is 17.6. The van der Waals surface area contributed by atoms with Crippen molar-refractivity contribution in [1.29, 1.82) is 0 Å². The van der Waals surface area contributed by atoms with Gasteiger partial charge in [0.1, 0.15) is 13.8 Å². The predicted octanol–water partition coefficient (Wildman–Crippen LogP) is 5.91. The second-order valence-electron chi connectivity index (χ2n) is 8.55. The van der Waals surface area contributed by atoms with Gasteiger partial charge in [-0.05, 0) is 19.4 Å². The molecular formula is C25H25N3Si. The van der Waals surface area contributed by atoms with Gasteiger partial charge in [-0.1, -0.05) is 85.2 Å². The van der Waals surface area contributed by atoms with Crippen LogP contribution in [0.3, 0.4) is 0 Å². The van der Waals surface area contributed by atoms with Gasteiger partial charge in [0, 0.05) is 23.4 Å². The monoisotopic (exact) mass is 395 g/mol. The van der Waals surface area contributed by atoms with Crippen LogP contribution in [-0.2, 0) is 0 Å². The smallest absolute Gasteiger partial charge is 0.157 e. The first-order valence-corrected chi connectivity index (χ1v) is 13.4. The number of nitrogens with zero attached hydrogens (tertiary/aromatic N) is 3. The van der Waals surface area contributed by atoms with E-state index in [2.05, 4.69) is 93.5 Å². The molecule has 0 spiro atoms. The Morgan fingerprint density at radius 2 is 1.41 bits per heavy atom. The Hall–Kier alpha value is -3.16. The topological polar surface area (TPSA) is 30.2 Å². The Morgan fingerprint density at radius 3 is 2.00 bits per heavy atom. The highest BCUT2D eigenvalue weighted by Gasteiger charge is 2.14. The fourth-order valence-electron chi connectivity index (χ4n) is 3.11. The molecule has 0 unspecified atom stereocenters. The summed E-state index contributed by atoms with van der Waals surface area (Å²) in [5.41, 5.74) is 11.8. The number of benzene rings is 2. The predicted molar refractivity (Wildman–Crippen MR) is 124 cm³/mol. The summed E-state index contributed by atoms with van der Waals surface area (Å²) in [7, 11) is -1.55. The highest BCUT2D eigenvalue weighted by Crippen LogP contribution is 2.26. The molecule has 4 rings (SSSR count). The first kappa shape index (κ1) is 19.2. The maximum Gasteiger partial charge on any atom is 0.157 e. The van der Waals surface area contributed by atoms with Gasteiger partial charge in [-0.15, -0.1) is 5.54 Å². The lowest BCUT2D eigenvalue weighted by Crippen LogP contribution is -2.16. The first-order valence-electron chi connectivity index (χ1n) is 9.86. The molecule has 3 nitrogen and oxygen atoms in total. The normalized spacial score (nSPS) is 11.3. The summed E-state index contributed by atoms with van der Waals surface area (Å²) in [6.07, 6.45) is 1.93. The van der Waals surface area contributed by atoms with E-state index in [1.54, 1.807) is 0 Å². The van der Waals surface area contributed by atoms with E-state index >= 15 is 0 Å². The molecule has 0 aliphatic heterocycles. The molecule has 0 saturated carbocycles. The second kappa shape index (κ2) is 7.34. The van der Waals surface area contributed by atoms with Crippen LogP contribution in [-0.4, -0.2) is 22.7 Å². The molecule has 4 heteroatoms. The molecule has 2 aromatic heterocycles. The van der Waals surface area contributed by atoms with Crippen molar-refractivity contribution < 1.29 is 0 Å². The number of hydrogen-bond acceptors (Lipinski definition) is 2.